The molecule has 0 aliphatic heterocycles. The van der Waals surface area contributed by atoms with Gasteiger partial charge in [-0.05, 0) is 30.7 Å². The minimum absolute atomic E-state index is 0.0139. The number of methoxy groups -OCH3 is 1. The quantitative estimate of drug-likeness (QED) is 0.590. The highest BCUT2D eigenvalue weighted by atomic mass is 16.5. The van der Waals surface area contributed by atoms with Crippen LogP contribution in [0.15, 0.2) is 56.7 Å². The summed E-state index contributed by atoms with van der Waals surface area (Å²) in [6, 6.07) is 12.3. The van der Waals surface area contributed by atoms with Crippen molar-refractivity contribution in [3.8, 4) is 11.5 Å². The van der Waals surface area contributed by atoms with Gasteiger partial charge in [-0.2, -0.15) is 0 Å². The topological polar surface area (TPSA) is 72.0 Å². The molecule has 0 saturated carbocycles. The molecular weight excluding hydrogens is 306 g/mol. The van der Waals surface area contributed by atoms with E-state index in [1.807, 2.05) is 31.2 Å². The van der Waals surface area contributed by atoms with Crippen molar-refractivity contribution in [1.82, 2.24) is 0 Å². The fourth-order valence-electron chi connectivity index (χ4n) is 2.59. The van der Waals surface area contributed by atoms with Crippen LogP contribution >= 0.6 is 0 Å². The van der Waals surface area contributed by atoms with Crippen molar-refractivity contribution in [3.63, 3.8) is 0 Å². The van der Waals surface area contributed by atoms with Crippen molar-refractivity contribution in [1.29, 1.82) is 0 Å². The van der Waals surface area contributed by atoms with E-state index < -0.39 is 5.63 Å². The SMILES string of the molecule is COc1ccccc1CN=Cc1c(O)ccc2c(C)cc(=O)oc12. The third kappa shape index (κ3) is 3.01. The molecule has 1 heterocycles. The standard InChI is InChI=1S/C19H17NO4/c1-12-9-18(22)24-19-14(12)7-8-16(21)15(19)11-20-10-13-5-3-4-6-17(13)23-2/h3-9,11,21H,10H2,1-2H3. The number of ether oxygens (including phenoxy) is 1. The van der Waals surface area contributed by atoms with Crippen LogP contribution in [0.5, 0.6) is 11.5 Å². The lowest BCUT2D eigenvalue weighted by atomic mass is 10.1. The molecule has 5 nitrogen and oxygen atoms in total. The molecule has 3 rings (SSSR count). The Morgan fingerprint density at radius 2 is 2.04 bits per heavy atom. The van der Waals surface area contributed by atoms with Gasteiger partial charge >= 0.3 is 5.63 Å². The second-order valence-electron chi connectivity index (χ2n) is 5.41. The number of hydrogen-bond donors (Lipinski definition) is 1. The number of nitrogens with zero attached hydrogens (tertiary/aromatic N) is 1. The van der Waals surface area contributed by atoms with Gasteiger partial charge in [0.2, 0.25) is 0 Å². The first-order valence-electron chi connectivity index (χ1n) is 7.48. The fraction of sp³-hybridized carbons (Fsp3) is 0.158. The summed E-state index contributed by atoms with van der Waals surface area (Å²) < 4.78 is 10.6. The number of phenols is 1. The molecule has 0 aliphatic rings. The Bertz CT molecular complexity index is 973. The van der Waals surface area contributed by atoms with E-state index in [0.29, 0.717) is 17.7 Å². The Morgan fingerprint density at radius 1 is 1.25 bits per heavy atom. The molecule has 0 unspecified atom stereocenters. The number of rotatable bonds is 4. The minimum atomic E-state index is -0.454. The zero-order valence-electron chi connectivity index (χ0n) is 13.4. The maximum atomic E-state index is 11.6. The highest BCUT2D eigenvalue weighted by molar-refractivity contribution is 6.00. The van der Waals surface area contributed by atoms with Crippen LogP contribution in [0.25, 0.3) is 11.0 Å². The van der Waals surface area contributed by atoms with Crippen LogP contribution in [0, 0.1) is 6.92 Å². The van der Waals surface area contributed by atoms with E-state index in [0.717, 1.165) is 22.3 Å². The van der Waals surface area contributed by atoms with Crippen molar-refractivity contribution >= 4 is 17.2 Å². The van der Waals surface area contributed by atoms with Crippen LogP contribution in [-0.4, -0.2) is 18.4 Å². The van der Waals surface area contributed by atoms with Gasteiger partial charge in [0, 0.05) is 23.2 Å². The Hall–Kier alpha value is -3.08. The summed E-state index contributed by atoms with van der Waals surface area (Å²) in [4.78, 5) is 16.0. The molecule has 0 amide bonds. The third-order valence-electron chi connectivity index (χ3n) is 3.81. The maximum absolute atomic E-state index is 11.6. The van der Waals surface area contributed by atoms with E-state index in [1.165, 1.54) is 12.3 Å². The van der Waals surface area contributed by atoms with Gasteiger partial charge < -0.3 is 14.3 Å². The van der Waals surface area contributed by atoms with Crippen LogP contribution in [0.3, 0.4) is 0 Å². The molecule has 24 heavy (non-hydrogen) atoms. The van der Waals surface area contributed by atoms with Gasteiger partial charge in [-0.3, -0.25) is 4.99 Å². The molecule has 0 spiro atoms. The number of aromatic hydroxyl groups is 1. The van der Waals surface area contributed by atoms with Crippen LogP contribution in [-0.2, 0) is 6.54 Å². The molecule has 3 aromatic rings. The van der Waals surface area contributed by atoms with Gasteiger partial charge in [0.1, 0.15) is 11.5 Å². The number of aliphatic imine (C=N–C) groups is 1. The fourth-order valence-corrected chi connectivity index (χ4v) is 2.59. The number of benzene rings is 2. The molecule has 122 valence electrons. The monoisotopic (exact) mass is 323 g/mol. The van der Waals surface area contributed by atoms with Crippen molar-refractivity contribution in [2.45, 2.75) is 13.5 Å². The van der Waals surface area contributed by atoms with E-state index in [1.54, 1.807) is 19.2 Å². The smallest absolute Gasteiger partial charge is 0.336 e. The molecule has 5 heteroatoms. The summed E-state index contributed by atoms with van der Waals surface area (Å²) in [6.07, 6.45) is 1.52. The lowest BCUT2D eigenvalue weighted by Gasteiger charge is -2.07. The molecule has 0 aliphatic carbocycles. The van der Waals surface area contributed by atoms with Crippen LogP contribution in [0.2, 0.25) is 0 Å². The van der Waals surface area contributed by atoms with E-state index in [2.05, 4.69) is 4.99 Å². The normalized spacial score (nSPS) is 11.2. The van der Waals surface area contributed by atoms with Crippen LogP contribution in [0.4, 0.5) is 0 Å². The lowest BCUT2D eigenvalue weighted by molar-refractivity contribution is 0.410. The van der Waals surface area contributed by atoms with Crippen LogP contribution in [0.1, 0.15) is 16.7 Å². The zero-order chi connectivity index (χ0) is 17.1. The first-order valence-corrected chi connectivity index (χ1v) is 7.48. The molecule has 2 aromatic carbocycles. The largest absolute Gasteiger partial charge is 0.507 e. The van der Waals surface area contributed by atoms with Gasteiger partial charge in [0.05, 0.1) is 19.2 Å². The Balaban J connectivity index is 2.00. The van der Waals surface area contributed by atoms with Gasteiger partial charge in [-0.25, -0.2) is 4.79 Å². The average Bonchev–Trinajstić information content (AvgIpc) is 2.57. The summed E-state index contributed by atoms with van der Waals surface area (Å²) in [5.41, 5.74) is 1.99. The van der Waals surface area contributed by atoms with E-state index in [9.17, 15) is 9.90 Å². The molecule has 1 N–H and O–H groups in total. The Morgan fingerprint density at radius 3 is 2.83 bits per heavy atom. The van der Waals surface area contributed by atoms with E-state index in [-0.39, 0.29) is 5.75 Å². The zero-order valence-corrected chi connectivity index (χ0v) is 13.4. The molecule has 0 atom stereocenters. The van der Waals surface area contributed by atoms with Gasteiger partial charge in [0.25, 0.3) is 0 Å². The summed E-state index contributed by atoms with van der Waals surface area (Å²) in [6.45, 7) is 2.21. The van der Waals surface area contributed by atoms with Crippen molar-refractivity contribution in [2.75, 3.05) is 7.11 Å². The molecule has 0 radical (unpaired) electrons. The number of hydrogen-bond acceptors (Lipinski definition) is 5. The first kappa shape index (κ1) is 15.8. The maximum Gasteiger partial charge on any atom is 0.336 e. The molecule has 0 fully saturated rings. The highest BCUT2D eigenvalue weighted by Gasteiger charge is 2.10. The Kier molecular flexibility index (Phi) is 4.33. The molecule has 1 aromatic heterocycles. The second-order valence-corrected chi connectivity index (χ2v) is 5.41. The Labute approximate surface area is 138 Å². The summed E-state index contributed by atoms with van der Waals surface area (Å²) >= 11 is 0. The van der Waals surface area contributed by atoms with E-state index in [4.69, 9.17) is 9.15 Å². The summed E-state index contributed by atoms with van der Waals surface area (Å²) in [5.74, 6) is 0.763. The van der Waals surface area contributed by atoms with Crippen molar-refractivity contribution < 1.29 is 14.3 Å². The number of phenolic OH excluding ortho intramolecular Hbond substituents is 1. The summed E-state index contributed by atoms with van der Waals surface area (Å²) in [5, 5.41) is 10.9. The number of para-hydroxylation sites is 1. The van der Waals surface area contributed by atoms with Crippen molar-refractivity contribution in [3.05, 3.63) is 69.6 Å². The number of fused-ring (bicyclic) bond motifs is 1. The molecule has 0 bridgehead atoms. The number of aryl methyl sites for hydroxylation is 1. The predicted molar refractivity (Wildman–Crippen MR) is 93.2 cm³/mol. The average molecular weight is 323 g/mol. The molecular formula is C19H17NO4. The van der Waals surface area contributed by atoms with Crippen LogP contribution < -0.4 is 10.4 Å². The highest BCUT2D eigenvalue weighted by Crippen LogP contribution is 2.27. The van der Waals surface area contributed by atoms with Gasteiger partial charge in [-0.1, -0.05) is 18.2 Å². The van der Waals surface area contributed by atoms with E-state index >= 15 is 0 Å². The van der Waals surface area contributed by atoms with Gasteiger partial charge in [-0.15, -0.1) is 0 Å². The first-order chi connectivity index (χ1) is 11.6. The second kappa shape index (κ2) is 6.58. The van der Waals surface area contributed by atoms with Crippen molar-refractivity contribution in [2.24, 2.45) is 4.99 Å². The molecule has 0 saturated heterocycles. The predicted octanol–water partition coefficient (Wildman–Crippen LogP) is 3.43. The minimum Gasteiger partial charge on any atom is -0.507 e. The lowest BCUT2D eigenvalue weighted by Crippen LogP contribution is -2.00. The third-order valence-corrected chi connectivity index (χ3v) is 3.81. The van der Waals surface area contributed by atoms with Gasteiger partial charge in [0.15, 0.2) is 5.58 Å². The summed E-state index contributed by atoms with van der Waals surface area (Å²) in [7, 11) is 1.61.